The fourth-order valence-electron chi connectivity index (χ4n) is 3.12. The van der Waals surface area contributed by atoms with Gasteiger partial charge in [-0.15, -0.1) is 25.6 Å². The molecule has 0 aliphatic heterocycles. The Balaban J connectivity index is 0.00000338. The molecule has 26 heavy (non-hydrogen) atoms. The number of nitrogens with two attached hydrogens (primary N) is 1. The van der Waals surface area contributed by atoms with Crippen molar-refractivity contribution in [1.29, 1.82) is 0 Å². The van der Waals surface area contributed by atoms with Gasteiger partial charge in [-0.3, -0.25) is 4.79 Å². The minimum atomic E-state index is -4.88. The van der Waals surface area contributed by atoms with Crippen LogP contribution >= 0.6 is 12.4 Å². The first-order chi connectivity index (χ1) is 11.8. The molecule has 1 aromatic rings. The van der Waals surface area contributed by atoms with Crippen LogP contribution in [0.25, 0.3) is 0 Å². The lowest BCUT2D eigenvalue weighted by molar-refractivity contribution is -0.274. The van der Waals surface area contributed by atoms with Crippen molar-refractivity contribution in [2.45, 2.75) is 57.0 Å². The maximum absolute atomic E-state index is 12.4. The van der Waals surface area contributed by atoms with Gasteiger partial charge in [-0.25, -0.2) is 0 Å². The topological polar surface area (TPSA) is 84.6 Å². The van der Waals surface area contributed by atoms with Crippen LogP contribution < -0.4 is 15.8 Å². The normalized spacial score (nSPS) is 17.7. The number of aliphatic hydroxyl groups excluding tert-OH is 1. The summed E-state index contributed by atoms with van der Waals surface area (Å²) in [6.45, 7) is 0. The smallest absolute Gasteiger partial charge is 0.404 e. The second kappa shape index (κ2) is 9.99. The number of halogens is 4. The Morgan fingerprint density at radius 3 is 2.50 bits per heavy atom. The number of carbonyl (C=O) groups is 1. The van der Waals surface area contributed by atoms with E-state index in [9.17, 15) is 23.1 Å². The number of alkyl halides is 3. The molecule has 5 nitrogen and oxygen atoms in total. The monoisotopic (exact) mass is 396 g/mol. The van der Waals surface area contributed by atoms with Crippen molar-refractivity contribution in [3.63, 3.8) is 0 Å². The average molecular weight is 397 g/mol. The highest BCUT2D eigenvalue weighted by Gasteiger charge is 2.33. The maximum Gasteiger partial charge on any atom is 0.573 e. The summed E-state index contributed by atoms with van der Waals surface area (Å²) in [4.78, 5) is 12.1. The number of carbonyl (C=O) groups excluding carboxylic acids is 1. The molecule has 0 saturated heterocycles. The van der Waals surface area contributed by atoms with E-state index in [2.05, 4.69) is 10.1 Å². The predicted octanol–water partition coefficient (Wildman–Crippen LogP) is 3.60. The number of aliphatic hydroxyl groups is 1. The van der Waals surface area contributed by atoms with Crippen molar-refractivity contribution < 1.29 is 27.8 Å². The molecule has 4 N–H and O–H groups in total. The fraction of sp³-hybridized carbons (Fsp3) is 0.588. The summed E-state index contributed by atoms with van der Waals surface area (Å²) in [6, 6.07) is 4.38. The molecule has 0 aromatic heterocycles. The largest absolute Gasteiger partial charge is 0.573 e. The number of hydrogen-bond acceptors (Lipinski definition) is 4. The lowest BCUT2D eigenvalue weighted by Gasteiger charge is -2.26. The Hall–Kier alpha value is -1.51. The molecule has 1 amide bonds. The molecule has 2 atom stereocenters. The van der Waals surface area contributed by atoms with E-state index >= 15 is 0 Å². The van der Waals surface area contributed by atoms with E-state index in [1.807, 2.05) is 0 Å². The van der Waals surface area contributed by atoms with Crippen LogP contribution in [0.15, 0.2) is 24.3 Å². The van der Waals surface area contributed by atoms with Crippen molar-refractivity contribution in [3.8, 4) is 5.75 Å². The molecular weight excluding hydrogens is 373 g/mol. The number of benzene rings is 1. The Labute approximate surface area is 156 Å². The van der Waals surface area contributed by atoms with E-state index in [1.165, 1.54) is 24.6 Å². The number of rotatable bonds is 6. The van der Waals surface area contributed by atoms with Crippen LogP contribution in [0.4, 0.5) is 18.9 Å². The number of hydrogen-bond donors (Lipinski definition) is 3. The van der Waals surface area contributed by atoms with Gasteiger partial charge >= 0.3 is 6.36 Å². The molecule has 0 radical (unpaired) electrons. The van der Waals surface area contributed by atoms with Crippen molar-refractivity contribution in [1.82, 2.24) is 0 Å². The van der Waals surface area contributed by atoms with Gasteiger partial charge in [0.1, 0.15) is 6.10 Å². The molecule has 2 rings (SSSR count). The van der Waals surface area contributed by atoms with Gasteiger partial charge in [0.15, 0.2) is 5.75 Å². The van der Waals surface area contributed by atoms with Gasteiger partial charge in [-0.1, -0.05) is 44.2 Å². The van der Waals surface area contributed by atoms with Gasteiger partial charge in [0.2, 0.25) is 0 Å². The van der Waals surface area contributed by atoms with Gasteiger partial charge in [0.05, 0.1) is 5.69 Å². The molecule has 1 aliphatic rings. The number of nitrogens with one attached hydrogen (secondary N) is 1. The first-order valence-corrected chi connectivity index (χ1v) is 8.35. The standard InChI is InChI=1S/C17H23F3N2O3.ClH/c18-17(19,20)25-14-9-5-4-8-13(14)22-16(24)15(23)12(21)10-11-6-2-1-3-7-11;/h4-5,8-9,11-12,15,23H,1-3,6-7,10,21H2,(H,22,24);1H/t12-,15?;/m1./s1. The van der Waals surface area contributed by atoms with E-state index in [1.54, 1.807) is 0 Å². The van der Waals surface area contributed by atoms with Crippen LogP contribution in [-0.4, -0.2) is 29.5 Å². The lowest BCUT2D eigenvalue weighted by atomic mass is 9.84. The summed E-state index contributed by atoms with van der Waals surface area (Å²) >= 11 is 0. The Morgan fingerprint density at radius 1 is 1.27 bits per heavy atom. The van der Waals surface area contributed by atoms with E-state index in [0.29, 0.717) is 12.3 Å². The van der Waals surface area contributed by atoms with Crippen LogP contribution in [0, 0.1) is 5.92 Å². The van der Waals surface area contributed by atoms with Gasteiger partial charge in [-0.2, -0.15) is 0 Å². The molecule has 0 heterocycles. The van der Waals surface area contributed by atoms with E-state index < -0.39 is 30.2 Å². The summed E-state index contributed by atoms with van der Waals surface area (Å²) in [5, 5.41) is 12.4. The summed E-state index contributed by atoms with van der Waals surface area (Å²) in [6.07, 6.45) is -0.421. The molecular formula is C17H24ClF3N2O3. The van der Waals surface area contributed by atoms with Crippen molar-refractivity contribution in [2.75, 3.05) is 5.32 Å². The Kier molecular flexibility index (Phi) is 8.66. The van der Waals surface area contributed by atoms with E-state index in [4.69, 9.17) is 5.73 Å². The van der Waals surface area contributed by atoms with E-state index in [0.717, 1.165) is 31.7 Å². The van der Waals surface area contributed by atoms with Crippen LogP contribution in [0.2, 0.25) is 0 Å². The molecule has 1 fully saturated rings. The lowest BCUT2D eigenvalue weighted by Crippen LogP contribution is -2.44. The van der Waals surface area contributed by atoms with Gasteiger partial charge in [-0.05, 0) is 24.5 Å². The minimum absolute atomic E-state index is 0. The number of amides is 1. The summed E-state index contributed by atoms with van der Waals surface area (Å²) < 4.78 is 41.1. The number of para-hydroxylation sites is 2. The first kappa shape index (κ1) is 22.5. The molecule has 1 aliphatic carbocycles. The van der Waals surface area contributed by atoms with Crippen molar-refractivity contribution >= 4 is 24.0 Å². The first-order valence-electron chi connectivity index (χ1n) is 8.35. The average Bonchev–Trinajstić information content (AvgIpc) is 2.55. The molecule has 0 bridgehead atoms. The Morgan fingerprint density at radius 2 is 1.88 bits per heavy atom. The highest BCUT2D eigenvalue weighted by molar-refractivity contribution is 5.95. The zero-order chi connectivity index (χ0) is 18.4. The third kappa shape index (κ3) is 7.01. The fourth-order valence-corrected chi connectivity index (χ4v) is 3.12. The predicted molar refractivity (Wildman–Crippen MR) is 94.2 cm³/mol. The summed E-state index contributed by atoms with van der Waals surface area (Å²) in [5.41, 5.74) is 5.75. The molecule has 1 aromatic carbocycles. The zero-order valence-corrected chi connectivity index (χ0v) is 15.0. The SMILES string of the molecule is Cl.N[C@H](CC1CCCCC1)C(O)C(=O)Nc1ccccc1OC(F)(F)F. The highest BCUT2D eigenvalue weighted by Crippen LogP contribution is 2.31. The summed E-state index contributed by atoms with van der Waals surface area (Å²) in [7, 11) is 0. The van der Waals surface area contributed by atoms with Crippen molar-refractivity contribution in [3.05, 3.63) is 24.3 Å². The second-order valence-electron chi connectivity index (χ2n) is 6.38. The minimum Gasteiger partial charge on any atom is -0.404 e. The van der Waals surface area contributed by atoms with Crippen LogP contribution in [0.5, 0.6) is 5.75 Å². The highest BCUT2D eigenvalue weighted by atomic mass is 35.5. The van der Waals surface area contributed by atoms with Gasteiger partial charge in [0.25, 0.3) is 5.91 Å². The van der Waals surface area contributed by atoms with Gasteiger partial charge in [0, 0.05) is 6.04 Å². The summed E-state index contributed by atoms with van der Waals surface area (Å²) in [5.74, 6) is -1.02. The third-order valence-corrected chi connectivity index (χ3v) is 4.38. The number of anilines is 1. The van der Waals surface area contributed by atoms with Crippen LogP contribution in [0.1, 0.15) is 38.5 Å². The maximum atomic E-state index is 12.4. The second-order valence-corrected chi connectivity index (χ2v) is 6.38. The Bertz CT molecular complexity index is 581. The molecule has 9 heteroatoms. The van der Waals surface area contributed by atoms with Crippen molar-refractivity contribution in [2.24, 2.45) is 11.7 Å². The van der Waals surface area contributed by atoms with E-state index in [-0.39, 0.29) is 18.1 Å². The quantitative estimate of drug-likeness (QED) is 0.685. The van der Waals surface area contributed by atoms with Gasteiger partial charge < -0.3 is 20.9 Å². The molecule has 1 unspecified atom stereocenters. The molecule has 0 spiro atoms. The molecule has 1 saturated carbocycles. The van der Waals surface area contributed by atoms with Crippen LogP contribution in [0.3, 0.4) is 0 Å². The third-order valence-electron chi connectivity index (χ3n) is 4.38. The molecule has 148 valence electrons. The zero-order valence-electron chi connectivity index (χ0n) is 14.2. The number of ether oxygens (including phenoxy) is 1. The van der Waals surface area contributed by atoms with Crippen LogP contribution in [-0.2, 0) is 4.79 Å².